The van der Waals surface area contributed by atoms with E-state index >= 15 is 0 Å². The van der Waals surface area contributed by atoms with Crippen molar-refractivity contribution in [1.29, 1.82) is 0 Å². The molecule has 0 unspecified atom stereocenters. The van der Waals surface area contributed by atoms with Crippen molar-refractivity contribution in [3.8, 4) is 0 Å². The second-order valence-corrected chi connectivity index (χ2v) is 10.2. The Morgan fingerprint density at radius 1 is 1.05 bits per heavy atom. The van der Waals surface area contributed by atoms with E-state index in [0.29, 0.717) is 68.0 Å². The lowest BCUT2D eigenvalue weighted by molar-refractivity contribution is 0.0627. The third-order valence-corrected chi connectivity index (χ3v) is 7.72. The third-order valence-electron chi connectivity index (χ3n) is 7.72. The van der Waals surface area contributed by atoms with Gasteiger partial charge < -0.3 is 14.6 Å². The Kier molecular flexibility index (Phi) is 6.45. The molecule has 8 nitrogen and oxygen atoms in total. The van der Waals surface area contributed by atoms with E-state index in [9.17, 15) is 18.4 Å². The molecule has 0 bridgehead atoms. The van der Waals surface area contributed by atoms with Gasteiger partial charge in [0.1, 0.15) is 0 Å². The first-order valence-electron chi connectivity index (χ1n) is 13.0. The molecule has 0 saturated carbocycles. The van der Waals surface area contributed by atoms with Crippen LogP contribution in [0.25, 0.3) is 21.8 Å². The summed E-state index contributed by atoms with van der Waals surface area (Å²) in [7, 11) is 0. The van der Waals surface area contributed by atoms with E-state index in [2.05, 4.69) is 15.0 Å². The van der Waals surface area contributed by atoms with Crippen molar-refractivity contribution in [2.24, 2.45) is 0 Å². The van der Waals surface area contributed by atoms with Crippen LogP contribution in [0, 0.1) is 18.6 Å². The summed E-state index contributed by atoms with van der Waals surface area (Å²) >= 11 is 0. The minimum absolute atomic E-state index is 0.0617. The molecule has 0 spiro atoms. The van der Waals surface area contributed by atoms with Crippen LogP contribution in [0.3, 0.4) is 0 Å². The predicted molar refractivity (Wildman–Crippen MR) is 139 cm³/mol. The zero-order valence-electron chi connectivity index (χ0n) is 21.2. The van der Waals surface area contributed by atoms with Gasteiger partial charge in [-0.1, -0.05) is 6.07 Å². The molecule has 6 rings (SSSR count). The number of hydrogen-bond donors (Lipinski definition) is 1. The highest BCUT2D eigenvalue weighted by Crippen LogP contribution is 2.30. The summed E-state index contributed by atoms with van der Waals surface area (Å²) in [6, 6.07) is 7.84. The number of ether oxygens (including phenoxy) is 1. The minimum Gasteiger partial charge on any atom is -0.381 e. The highest BCUT2D eigenvalue weighted by molar-refractivity contribution is 6.07. The number of aromatic amines is 1. The van der Waals surface area contributed by atoms with E-state index in [0.717, 1.165) is 35.4 Å². The number of carbonyl (C=O) groups excluding carboxylic acids is 1. The maximum absolute atomic E-state index is 13.6. The average Bonchev–Trinajstić information content (AvgIpc) is 3.37. The van der Waals surface area contributed by atoms with E-state index in [-0.39, 0.29) is 17.5 Å². The van der Waals surface area contributed by atoms with Crippen LogP contribution in [0.15, 0.2) is 41.3 Å². The maximum atomic E-state index is 13.6. The number of halogens is 2. The molecule has 1 N–H and O–H groups in total. The van der Waals surface area contributed by atoms with Crippen molar-refractivity contribution in [1.82, 2.24) is 24.6 Å². The van der Waals surface area contributed by atoms with Crippen molar-refractivity contribution in [3.05, 3.63) is 75.2 Å². The van der Waals surface area contributed by atoms with Crippen LogP contribution in [0.4, 0.5) is 8.78 Å². The number of pyridine rings is 1. The molecule has 0 radical (unpaired) electrons. The van der Waals surface area contributed by atoms with Gasteiger partial charge in [-0.25, -0.2) is 8.78 Å². The van der Waals surface area contributed by atoms with Gasteiger partial charge in [0, 0.05) is 56.9 Å². The van der Waals surface area contributed by atoms with Gasteiger partial charge in [0.25, 0.3) is 11.5 Å². The molecule has 2 aromatic carbocycles. The van der Waals surface area contributed by atoms with Crippen LogP contribution in [0.5, 0.6) is 0 Å². The molecule has 4 heterocycles. The molecule has 10 heteroatoms. The second kappa shape index (κ2) is 9.92. The minimum atomic E-state index is -0.855. The molecule has 2 fully saturated rings. The molecule has 4 aromatic rings. The van der Waals surface area contributed by atoms with Gasteiger partial charge in [-0.3, -0.25) is 19.2 Å². The largest absolute Gasteiger partial charge is 0.381 e. The molecule has 198 valence electrons. The smallest absolute Gasteiger partial charge is 0.259 e. The molecule has 1 amide bonds. The fraction of sp³-hybridized carbons (Fsp3) is 0.393. The lowest BCUT2D eigenvalue weighted by Gasteiger charge is -2.35. The van der Waals surface area contributed by atoms with E-state index in [4.69, 9.17) is 4.74 Å². The van der Waals surface area contributed by atoms with Gasteiger partial charge in [-0.15, -0.1) is 0 Å². The normalized spacial score (nSPS) is 17.5. The Morgan fingerprint density at radius 2 is 1.82 bits per heavy atom. The standard InChI is InChI=1S/C28H29F2N5O3/c1-17-12-25-21(26-22(27(36)32-25)15-31-35(26)19-4-10-38-11-5-19)14-20(17)28(37)34-8-6-33(7-9-34)16-18-2-3-23(29)24(30)13-18/h2-3,12-15,19H,4-11,16H2,1H3,(H,32,36). The average molecular weight is 522 g/mol. The lowest BCUT2D eigenvalue weighted by atomic mass is 10.0. The lowest BCUT2D eigenvalue weighted by Crippen LogP contribution is -2.48. The second-order valence-electron chi connectivity index (χ2n) is 10.2. The Labute approximate surface area is 217 Å². The summed E-state index contributed by atoms with van der Waals surface area (Å²) in [4.78, 5) is 33.4. The number of aromatic nitrogens is 3. The molecule has 0 aliphatic carbocycles. The van der Waals surface area contributed by atoms with Crippen molar-refractivity contribution in [2.45, 2.75) is 32.4 Å². The Morgan fingerprint density at radius 3 is 2.55 bits per heavy atom. The van der Waals surface area contributed by atoms with E-state index in [1.807, 2.05) is 28.6 Å². The van der Waals surface area contributed by atoms with Gasteiger partial charge in [0.05, 0.1) is 28.7 Å². The first kappa shape index (κ1) is 24.7. The predicted octanol–water partition coefficient (Wildman–Crippen LogP) is 3.77. The quantitative estimate of drug-likeness (QED) is 0.442. The summed E-state index contributed by atoms with van der Waals surface area (Å²) in [5, 5.41) is 5.88. The van der Waals surface area contributed by atoms with Crippen LogP contribution in [-0.4, -0.2) is 69.9 Å². The molecule has 0 atom stereocenters. The van der Waals surface area contributed by atoms with Crippen molar-refractivity contribution in [2.75, 3.05) is 39.4 Å². The van der Waals surface area contributed by atoms with E-state index in [1.54, 1.807) is 12.3 Å². The van der Waals surface area contributed by atoms with Crippen LogP contribution in [-0.2, 0) is 11.3 Å². The number of nitrogens with one attached hydrogen (secondary N) is 1. The first-order valence-corrected chi connectivity index (χ1v) is 13.0. The molecular formula is C28H29F2N5O3. The Hall–Kier alpha value is -3.63. The van der Waals surface area contributed by atoms with Gasteiger partial charge in [-0.05, 0) is 55.2 Å². The summed E-state index contributed by atoms with van der Waals surface area (Å²) in [5.74, 6) is -1.77. The summed E-state index contributed by atoms with van der Waals surface area (Å²) in [6.07, 6.45) is 3.24. The molecule has 2 saturated heterocycles. The third kappa shape index (κ3) is 4.48. The molecule has 2 aliphatic heterocycles. The molecule has 2 aliphatic rings. The number of piperazine rings is 1. The molecular weight excluding hydrogens is 492 g/mol. The van der Waals surface area contributed by atoms with Crippen LogP contribution in [0.2, 0.25) is 0 Å². The van der Waals surface area contributed by atoms with Gasteiger partial charge >= 0.3 is 0 Å². The summed E-state index contributed by atoms with van der Waals surface area (Å²) < 4.78 is 34.3. The zero-order valence-corrected chi connectivity index (χ0v) is 21.2. The number of amides is 1. The molecule has 38 heavy (non-hydrogen) atoms. The zero-order chi connectivity index (χ0) is 26.4. The number of fused-ring (bicyclic) bond motifs is 3. The fourth-order valence-corrected chi connectivity index (χ4v) is 5.61. The van der Waals surface area contributed by atoms with Gasteiger partial charge in [0.2, 0.25) is 0 Å². The monoisotopic (exact) mass is 521 g/mol. The summed E-state index contributed by atoms with van der Waals surface area (Å²) in [5.41, 5.74) is 3.33. The number of H-pyrrole nitrogens is 1. The highest BCUT2D eigenvalue weighted by Gasteiger charge is 2.26. The van der Waals surface area contributed by atoms with Crippen LogP contribution in [0.1, 0.15) is 40.4 Å². The van der Waals surface area contributed by atoms with Gasteiger partial charge in [-0.2, -0.15) is 5.10 Å². The first-order chi connectivity index (χ1) is 18.4. The van der Waals surface area contributed by atoms with Crippen molar-refractivity contribution >= 4 is 27.7 Å². The number of rotatable bonds is 4. The van der Waals surface area contributed by atoms with Gasteiger partial charge in [0.15, 0.2) is 11.6 Å². The maximum Gasteiger partial charge on any atom is 0.259 e. The molecule has 2 aromatic heterocycles. The summed E-state index contributed by atoms with van der Waals surface area (Å²) in [6.45, 7) is 6.00. The number of aryl methyl sites for hydroxylation is 1. The van der Waals surface area contributed by atoms with E-state index < -0.39 is 11.6 Å². The fourth-order valence-electron chi connectivity index (χ4n) is 5.61. The number of nitrogens with zero attached hydrogens (tertiary/aromatic N) is 4. The van der Waals surface area contributed by atoms with Crippen molar-refractivity contribution in [3.63, 3.8) is 0 Å². The number of hydrogen-bond acceptors (Lipinski definition) is 5. The number of benzene rings is 2. The topological polar surface area (TPSA) is 83.5 Å². The Balaban J connectivity index is 1.27. The number of carbonyl (C=O) groups is 1. The SMILES string of the molecule is Cc1cc2[nH]c(=O)c3cnn(C4CCOCC4)c3c2cc1C(=O)N1CCN(Cc2ccc(F)c(F)c2)CC1. The van der Waals surface area contributed by atoms with Crippen LogP contribution >= 0.6 is 0 Å². The van der Waals surface area contributed by atoms with Crippen molar-refractivity contribution < 1.29 is 18.3 Å². The highest BCUT2D eigenvalue weighted by atomic mass is 19.2. The van der Waals surface area contributed by atoms with Crippen LogP contribution < -0.4 is 5.56 Å². The Bertz CT molecular complexity index is 1580. The van der Waals surface area contributed by atoms with E-state index in [1.165, 1.54) is 6.07 Å².